The van der Waals surface area contributed by atoms with E-state index in [4.69, 9.17) is 4.52 Å². The van der Waals surface area contributed by atoms with Crippen molar-refractivity contribution in [3.63, 3.8) is 0 Å². The van der Waals surface area contributed by atoms with E-state index in [1.54, 1.807) is 17.0 Å². The molecule has 0 bridgehead atoms. The minimum Gasteiger partial charge on any atom is -0.465 e. The topological polar surface area (TPSA) is 121 Å². The molecular formula is C18H24ClN5O4. The van der Waals surface area contributed by atoms with Crippen molar-refractivity contribution in [2.24, 2.45) is 0 Å². The van der Waals surface area contributed by atoms with E-state index in [1.165, 1.54) is 6.92 Å². The summed E-state index contributed by atoms with van der Waals surface area (Å²) < 4.78 is 5.34. The standard InChI is InChI=1S/C18H23N5O4.ClH/c1-10-8-14(20-18(25)26)13-9-12(4-5-15(13)23(10)11(2)24)17-21-16(22-27-17)6-7-19-3;/h4-5,9-10,14,19-20H,6-8H2,1-3H3,(H,25,26);1H/t10-,14+;/m0./s1. The summed E-state index contributed by atoms with van der Waals surface area (Å²) in [5.41, 5.74) is 2.10. The number of nitrogens with one attached hydrogen (secondary N) is 2. The molecule has 28 heavy (non-hydrogen) atoms. The molecule has 1 aromatic heterocycles. The van der Waals surface area contributed by atoms with Crippen molar-refractivity contribution in [1.82, 2.24) is 20.8 Å². The van der Waals surface area contributed by atoms with Crippen LogP contribution in [-0.2, 0) is 11.2 Å². The summed E-state index contributed by atoms with van der Waals surface area (Å²) in [5.74, 6) is 0.875. The fourth-order valence-electron chi connectivity index (χ4n) is 3.47. The van der Waals surface area contributed by atoms with Gasteiger partial charge in [0.05, 0.1) is 6.04 Å². The lowest BCUT2D eigenvalue weighted by molar-refractivity contribution is -0.117. The fraction of sp³-hybridized carbons (Fsp3) is 0.444. The number of anilines is 1. The van der Waals surface area contributed by atoms with Gasteiger partial charge in [-0.1, -0.05) is 5.16 Å². The number of benzene rings is 1. The first-order valence-electron chi connectivity index (χ1n) is 8.81. The van der Waals surface area contributed by atoms with E-state index in [1.807, 2.05) is 20.0 Å². The van der Waals surface area contributed by atoms with Crippen LogP contribution in [0.5, 0.6) is 0 Å². The maximum atomic E-state index is 12.1. The second-order valence-electron chi connectivity index (χ2n) is 6.62. The Morgan fingerprint density at radius 3 is 2.79 bits per heavy atom. The molecule has 3 N–H and O–H groups in total. The molecule has 0 fully saturated rings. The highest BCUT2D eigenvalue weighted by Crippen LogP contribution is 2.39. The third kappa shape index (κ3) is 4.42. The first-order chi connectivity index (χ1) is 12.9. The second kappa shape index (κ2) is 9.03. The lowest BCUT2D eigenvalue weighted by atomic mass is 9.90. The molecule has 2 aromatic rings. The summed E-state index contributed by atoms with van der Waals surface area (Å²) in [4.78, 5) is 29.4. The quantitative estimate of drug-likeness (QED) is 0.693. The summed E-state index contributed by atoms with van der Waals surface area (Å²) in [6, 6.07) is 4.88. The molecule has 1 aliphatic heterocycles. The maximum Gasteiger partial charge on any atom is 0.405 e. The number of rotatable bonds is 5. The van der Waals surface area contributed by atoms with E-state index < -0.39 is 12.1 Å². The average Bonchev–Trinajstić information content (AvgIpc) is 3.07. The number of likely N-dealkylation sites (N-methyl/N-ethyl adjacent to an activating group) is 1. The Hall–Kier alpha value is -2.65. The number of amides is 2. The van der Waals surface area contributed by atoms with Gasteiger partial charge < -0.3 is 25.2 Å². The van der Waals surface area contributed by atoms with Crippen LogP contribution in [0.2, 0.25) is 0 Å². The summed E-state index contributed by atoms with van der Waals surface area (Å²) in [6.07, 6.45) is 0.0237. The highest BCUT2D eigenvalue weighted by atomic mass is 35.5. The van der Waals surface area contributed by atoms with E-state index in [2.05, 4.69) is 20.8 Å². The molecule has 0 spiro atoms. The SMILES string of the molecule is CNCCc1noc(-c2ccc3c(c2)[C@H](NC(=O)O)C[C@H](C)N3C(C)=O)n1.Cl. The highest BCUT2D eigenvalue weighted by Gasteiger charge is 2.33. The van der Waals surface area contributed by atoms with Gasteiger partial charge in [-0.05, 0) is 44.2 Å². The number of fused-ring (bicyclic) bond motifs is 1. The minimum absolute atomic E-state index is 0. The Labute approximate surface area is 168 Å². The van der Waals surface area contributed by atoms with Crippen LogP contribution in [0.3, 0.4) is 0 Å². The molecular weight excluding hydrogens is 386 g/mol. The molecule has 9 nitrogen and oxygen atoms in total. The van der Waals surface area contributed by atoms with Crippen LogP contribution in [-0.4, -0.2) is 46.9 Å². The number of carbonyl (C=O) groups excluding carboxylic acids is 1. The Balaban J connectivity index is 0.00000280. The number of hydrogen-bond donors (Lipinski definition) is 3. The summed E-state index contributed by atoms with van der Waals surface area (Å²) >= 11 is 0. The van der Waals surface area contributed by atoms with Gasteiger partial charge in [-0.3, -0.25) is 4.79 Å². The molecule has 2 amide bonds. The van der Waals surface area contributed by atoms with E-state index in [0.29, 0.717) is 35.8 Å². The molecule has 2 atom stereocenters. The maximum absolute atomic E-state index is 12.1. The molecule has 3 rings (SSSR count). The molecule has 0 radical (unpaired) electrons. The number of hydrogen-bond acceptors (Lipinski definition) is 6. The van der Waals surface area contributed by atoms with E-state index in [9.17, 15) is 14.7 Å². The van der Waals surface area contributed by atoms with Crippen LogP contribution in [0.25, 0.3) is 11.5 Å². The van der Waals surface area contributed by atoms with Gasteiger partial charge in [0.15, 0.2) is 5.82 Å². The molecule has 0 aliphatic carbocycles. The Bertz CT molecular complexity index is 856. The molecule has 0 unspecified atom stereocenters. The van der Waals surface area contributed by atoms with E-state index in [0.717, 1.165) is 12.1 Å². The fourth-order valence-corrected chi connectivity index (χ4v) is 3.47. The van der Waals surface area contributed by atoms with Gasteiger partial charge in [-0.25, -0.2) is 4.79 Å². The van der Waals surface area contributed by atoms with Crippen molar-refractivity contribution in [1.29, 1.82) is 0 Å². The number of nitrogens with zero attached hydrogens (tertiary/aromatic N) is 3. The minimum atomic E-state index is -1.10. The monoisotopic (exact) mass is 409 g/mol. The molecule has 1 aromatic carbocycles. The van der Waals surface area contributed by atoms with Crippen molar-refractivity contribution in [2.75, 3.05) is 18.5 Å². The lowest BCUT2D eigenvalue weighted by Crippen LogP contribution is -2.45. The molecule has 0 saturated carbocycles. The largest absolute Gasteiger partial charge is 0.465 e. The van der Waals surface area contributed by atoms with Crippen LogP contribution in [0.1, 0.15) is 37.7 Å². The van der Waals surface area contributed by atoms with Gasteiger partial charge in [0.25, 0.3) is 5.89 Å². The van der Waals surface area contributed by atoms with Crippen molar-refractivity contribution >= 4 is 30.1 Å². The number of carbonyl (C=O) groups is 2. The first kappa shape index (κ1) is 21.6. The van der Waals surface area contributed by atoms with Gasteiger partial charge >= 0.3 is 6.09 Å². The molecule has 0 saturated heterocycles. The number of carboxylic acid groups (broad SMARTS) is 1. The predicted octanol–water partition coefficient (Wildman–Crippen LogP) is 2.37. The lowest BCUT2D eigenvalue weighted by Gasteiger charge is -2.38. The Kier molecular flexibility index (Phi) is 6.98. The zero-order chi connectivity index (χ0) is 19.6. The van der Waals surface area contributed by atoms with Crippen molar-refractivity contribution in [3.05, 3.63) is 29.6 Å². The van der Waals surface area contributed by atoms with Crippen LogP contribution in [0.4, 0.5) is 10.5 Å². The van der Waals surface area contributed by atoms with Crippen LogP contribution in [0.15, 0.2) is 22.7 Å². The number of aromatic nitrogens is 2. The normalized spacial score (nSPS) is 18.2. The van der Waals surface area contributed by atoms with Crippen LogP contribution in [0, 0.1) is 0 Å². The summed E-state index contributed by atoms with van der Waals surface area (Å²) in [5, 5.41) is 18.7. The molecule has 2 heterocycles. The number of halogens is 1. The van der Waals surface area contributed by atoms with Crippen molar-refractivity contribution in [3.8, 4) is 11.5 Å². The van der Waals surface area contributed by atoms with E-state index >= 15 is 0 Å². The van der Waals surface area contributed by atoms with Crippen molar-refractivity contribution < 1.29 is 19.2 Å². The second-order valence-corrected chi connectivity index (χ2v) is 6.62. The zero-order valence-electron chi connectivity index (χ0n) is 15.9. The van der Waals surface area contributed by atoms with Crippen LogP contribution < -0.4 is 15.5 Å². The summed E-state index contributed by atoms with van der Waals surface area (Å²) in [7, 11) is 1.85. The first-order valence-corrected chi connectivity index (χ1v) is 8.81. The van der Waals surface area contributed by atoms with Gasteiger partial charge in [0.2, 0.25) is 5.91 Å². The molecule has 10 heteroatoms. The Morgan fingerprint density at radius 1 is 1.39 bits per heavy atom. The highest BCUT2D eigenvalue weighted by molar-refractivity contribution is 5.94. The van der Waals surface area contributed by atoms with Gasteiger partial charge in [0.1, 0.15) is 0 Å². The predicted molar refractivity (Wildman–Crippen MR) is 106 cm³/mol. The van der Waals surface area contributed by atoms with Crippen molar-refractivity contribution in [2.45, 2.75) is 38.8 Å². The summed E-state index contributed by atoms with van der Waals surface area (Å²) in [6.45, 7) is 4.14. The average molecular weight is 410 g/mol. The third-order valence-corrected chi connectivity index (χ3v) is 4.63. The van der Waals surface area contributed by atoms with Gasteiger partial charge in [0, 0.05) is 37.2 Å². The van der Waals surface area contributed by atoms with Gasteiger partial charge in [-0.15, -0.1) is 12.4 Å². The molecule has 1 aliphatic rings. The third-order valence-electron chi connectivity index (χ3n) is 4.63. The Morgan fingerprint density at radius 2 is 2.14 bits per heavy atom. The van der Waals surface area contributed by atoms with E-state index in [-0.39, 0.29) is 24.4 Å². The molecule has 152 valence electrons. The van der Waals surface area contributed by atoms with Crippen LogP contribution >= 0.6 is 12.4 Å². The zero-order valence-corrected chi connectivity index (χ0v) is 16.7. The smallest absolute Gasteiger partial charge is 0.405 e. The van der Waals surface area contributed by atoms with Gasteiger partial charge in [-0.2, -0.15) is 4.98 Å².